The quantitative estimate of drug-likeness (QED) is 0.486. The van der Waals surface area contributed by atoms with Crippen LogP contribution in [-0.2, 0) is 6.42 Å². The molecular formula is C8H9Br3N2. The Morgan fingerprint density at radius 2 is 1.69 bits per heavy atom. The zero-order valence-electron chi connectivity index (χ0n) is 6.78. The second kappa shape index (κ2) is 5.46. The van der Waals surface area contributed by atoms with E-state index in [9.17, 15) is 0 Å². The van der Waals surface area contributed by atoms with E-state index >= 15 is 0 Å². The van der Waals surface area contributed by atoms with Crippen LogP contribution in [0.15, 0.2) is 25.6 Å². The number of halogens is 3. The Kier molecular flexibility index (Phi) is 4.89. The third kappa shape index (κ3) is 3.32. The highest BCUT2D eigenvalue weighted by atomic mass is 79.9. The number of benzene rings is 1. The second-order valence-corrected chi connectivity index (χ2v) is 5.12. The molecule has 3 N–H and O–H groups in total. The van der Waals surface area contributed by atoms with Crippen molar-refractivity contribution >= 4 is 47.8 Å². The van der Waals surface area contributed by atoms with E-state index in [0.717, 1.165) is 26.4 Å². The summed E-state index contributed by atoms with van der Waals surface area (Å²) >= 11 is 10.4. The minimum Gasteiger partial charge on any atom is -0.271 e. The van der Waals surface area contributed by atoms with E-state index in [1.165, 1.54) is 5.56 Å². The van der Waals surface area contributed by atoms with Crippen LogP contribution in [0.3, 0.4) is 0 Å². The molecular weight excluding hydrogens is 364 g/mol. The fraction of sp³-hybridized carbons (Fsp3) is 0.250. The molecule has 0 saturated carbocycles. The number of rotatable bonds is 3. The molecule has 5 heteroatoms. The van der Waals surface area contributed by atoms with Gasteiger partial charge in [0.05, 0.1) is 0 Å². The SMILES string of the molecule is NNCCc1cc(Br)c(Br)cc1Br. The van der Waals surface area contributed by atoms with Gasteiger partial charge in [0, 0.05) is 20.0 Å². The van der Waals surface area contributed by atoms with Gasteiger partial charge in [0.2, 0.25) is 0 Å². The fourth-order valence-electron chi connectivity index (χ4n) is 0.962. The maximum atomic E-state index is 5.21. The molecule has 2 nitrogen and oxygen atoms in total. The maximum Gasteiger partial charge on any atom is 0.0328 e. The van der Waals surface area contributed by atoms with Crippen LogP contribution in [0.25, 0.3) is 0 Å². The maximum absolute atomic E-state index is 5.21. The lowest BCUT2D eigenvalue weighted by molar-refractivity contribution is 0.727. The first-order valence-electron chi connectivity index (χ1n) is 3.72. The summed E-state index contributed by atoms with van der Waals surface area (Å²) in [6, 6.07) is 4.10. The molecule has 0 radical (unpaired) electrons. The van der Waals surface area contributed by atoms with E-state index in [1.807, 2.05) is 6.07 Å². The largest absolute Gasteiger partial charge is 0.271 e. The van der Waals surface area contributed by atoms with Crippen LogP contribution in [0.2, 0.25) is 0 Å². The summed E-state index contributed by atoms with van der Waals surface area (Å²) < 4.78 is 3.20. The minimum absolute atomic E-state index is 0.771. The first-order chi connectivity index (χ1) is 6.15. The van der Waals surface area contributed by atoms with Crippen molar-refractivity contribution in [2.45, 2.75) is 6.42 Å². The van der Waals surface area contributed by atoms with E-state index in [4.69, 9.17) is 5.84 Å². The van der Waals surface area contributed by atoms with Crippen LogP contribution in [0.1, 0.15) is 5.56 Å². The Balaban J connectivity index is 2.88. The van der Waals surface area contributed by atoms with Crippen LogP contribution in [0, 0.1) is 0 Å². The Morgan fingerprint density at radius 3 is 2.31 bits per heavy atom. The lowest BCUT2D eigenvalue weighted by Gasteiger charge is -2.06. The van der Waals surface area contributed by atoms with Gasteiger partial charge < -0.3 is 0 Å². The zero-order valence-corrected chi connectivity index (χ0v) is 11.5. The number of hydrazine groups is 1. The number of hydrogen-bond donors (Lipinski definition) is 2. The second-order valence-electron chi connectivity index (χ2n) is 2.56. The average Bonchev–Trinajstić information content (AvgIpc) is 2.09. The average molecular weight is 373 g/mol. The van der Waals surface area contributed by atoms with Gasteiger partial charge in [0.15, 0.2) is 0 Å². The van der Waals surface area contributed by atoms with Crippen molar-refractivity contribution in [3.63, 3.8) is 0 Å². The summed E-state index contributed by atoms with van der Waals surface area (Å²) in [7, 11) is 0. The lowest BCUT2D eigenvalue weighted by atomic mass is 10.1. The van der Waals surface area contributed by atoms with Crippen molar-refractivity contribution in [3.8, 4) is 0 Å². The Morgan fingerprint density at radius 1 is 1.08 bits per heavy atom. The summed E-state index contributed by atoms with van der Waals surface area (Å²) in [6.07, 6.45) is 0.906. The molecule has 0 spiro atoms. The summed E-state index contributed by atoms with van der Waals surface area (Å²) in [4.78, 5) is 0. The number of hydrogen-bond acceptors (Lipinski definition) is 2. The van der Waals surface area contributed by atoms with Gasteiger partial charge in [-0.15, -0.1) is 0 Å². The first kappa shape index (κ1) is 11.7. The Labute approximate surface area is 103 Å². The molecule has 0 saturated heterocycles. The van der Waals surface area contributed by atoms with Crippen LogP contribution in [-0.4, -0.2) is 6.54 Å². The molecule has 1 aromatic rings. The molecule has 13 heavy (non-hydrogen) atoms. The third-order valence-corrected chi connectivity index (χ3v) is 4.21. The van der Waals surface area contributed by atoms with Gasteiger partial charge in [-0.25, -0.2) is 0 Å². The van der Waals surface area contributed by atoms with Crippen molar-refractivity contribution in [2.75, 3.05) is 6.54 Å². The molecule has 0 atom stereocenters. The van der Waals surface area contributed by atoms with E-state index in [-0.39, 0.29) is 0 Å². The van der Waals surface area contributed by atoms with Gasteiger partial charge in [-0.3, -0.25) is 11.3 Å². The van der Waals surface area contributed by atoms with Gasteiger partial charge in [0.25, 0.3) is 0 Å². The first-order valence-corrected chi connectivity index (χ1v) is 6.10. The summed E-state index contributed by atoms with van der Waals surface area (Å²) in [5.41, 5.74) is 3.86. The number of nitrogens with two attached hydrogens (primary N) is 1. The monoisotopic (exact) mass is 370 g/mol. The van der Waals surface area contributed by atoms with E-state index in [0.29, 0.717) is 0 Å². The summed E-state index contributed by atoms with van der Waals surface area (Å²) in [6.45, 7) is 0.771. The van der Waals surface area contributed by atoms with Crippen LogP contribution in [0.5, 0.6) is 0 Å². The molecule has 0 heterocycles. The highest BCUT2D eigenvalue weighted by Gasteiger charge is 2.03. The molecule has 0 aliphatic heterocycles. The molecule has 0 aliphatic rings. The third-order valence-electron chi connectivity index (χ3n) is 1.63. The number of nitrogens with one attached hydrogen (secondary N) is 1. The molecule has 1 aromatic carbocycles. The van der Waals surface area contributed by atoms with Crippen molar-refractivity contribution < 1.29 is 0 Å². The van der Waals surface area contributed by atoms with Gasteiger partial charge in [-0.05, 0) is 56.0 Å². The van der Waals surface area contributed by atoms with E-state index in [1.54, 1.807) is 0 Å². The normalized spacial score (nSPS) is 10.5. The van der Waals surface area contributed by atoms with Crippen molar-refractivity contribution in [1.82, 2.24) is 5.43 Å². The van der Waals surface area contributed by atoms with Gasteiger partial charge in [0.1, 0.15) is 0 Å². The highest BCUT2D eigenvalue weighted by molar-refractivity contribution is 9.13. The molecule has 0 aliphatic carbocycles. The van der Waals surface area contributed by atoms with Crippen LogP contribution < -0.4 is 11.3 Å². The molecule has 0 unspecified atom stereocenters. The summed E-state index contributed by atoms with van der Waals surface area (Å²) in [5.74, 6) is 5.21. The molecule has 1 rings (SSSR count). The van der Waals surface area contributed by atoms with Crippen LogP contribution in [0.4, 0.5) is 0 Å². The van der Waals surface area contributed by atoms with E-state index < -0.39 is 0 Å². The van der Waals surface area contributed by atoms with E-state index in [2.05, 4.69) is 59.3 Å². The molecule has 0 amide bonds. The summed E-state index contributed by atoms with van der Waals surface area (Å²) in [5, 5.41) is 0. The van der Waals surface area contributed by atoms with Gasteiger partial charge in [-0.1, -0.05) is 15.9 Å². The lowest BCUT2D eigenvalue weighted by Crippen LogP contribution is -2.24. The standard InChI is InChI=1S/C8H9Br3N2/c9-6-4-8(11)7(10)3-5(6)1-2-13-12/h3-4,13H,1-2,12H2. The molecule has 0 aromatic heterocycles. The minimum atomic E-state index is 0.771. The Bertz CT molecular complexity index is 302. The van der Waals surface area contributed by atoms with Crippen molar-refractivity contribution in [1.29, 1.82) is 0 Å². The molecule has 0 bridgehead atoms. The van der Waals surface area contributed by atoms with Crippen LogP contribution >= 0.6 is 47.8 Å². The topological polar surface area (TPSA) is 38.0 Å². The smallest absolute Gasteiger partial charge is 0.0328 e. The zero-order chi connectivity index (χ0) is 9.84. The van der Waals surface area contributed by atoms with Gasteiger partial charge in [-0.2, -0.15) is 0 Å². The van der Waals surface area contributed by atoms with Gasteiger partial charge >= 0.3 is 0 Å². The predicted molar refractivity (Wildman–Crippen MR) is 65.4 cm³/mol. The molecule has 0 fully saturated rings. The molecule has 72 valence electrons. The van der Waals surface area contributed by atoms with Crippen molar-refractivity contribution in [3.05, 3.63) is 31.1 Å². The predicted octanol–water partition coefficient (Wildman–Crippen LogP) is 2.98. The van der Waals surface area contributed by atoms with Crippen molar-refractivity contribution in [2.24, 2.45) is 5.84 Å². The Hall–Kier alpha value is 0.580. The highest BCUT2D eigenvalue weighted by Crippen LogP contribution is 2.29. The fourth-order valence-corrected chi connectivity index (χ4v) is 2.55.